The molecule has 0 aliphatic heterocycles. The maximum absolute atomic E-state index is 5.44. The first-order chi connectivity index (χ1) is 7.41. The first-order valence-corrected chi connectivity index (χ1v) is 6.72. The Bertz CT molecular complexity index is 121. The van der Waals surface area contributed by atoms with Crippen molar-refractivity contribution in [2.75, 3.05) is 6.54 Å². The molecule has 0 saturated heterocycles. The van der Waals surface area contributed by atoms with E-state index in [1.54, 1.807) is 0 Å². The summed E-state index contributed by atoms with van der Waals surface area (Å²) in [6, 6.07) is 0. The van der Waals surface area contributed by atoms with Gasteiger partial charge >= 0.3 is 0 Å². The highest BCUT2D eigenvalue weighted by Gasteiger charge is 1.91. The lowest BCUT2D eigenvalue weighted by molar-refractivity contribution is 0.554. The first-order valence-electron chi connectivity index (χ1n) is 6.72. The summed E-state index contributed by atoms with van der Waals surface area (Å²) in [5, 5.41) is 0. The summed E-state index contributed by atoms with van der Waals surface area (Å²) in [6.45, 7) is 4.60. The number of hydrogen-bond donors (Lipinski definition) is 1. The van der Waals surface area contributed by atoms with Gasteiger partial charge in [0.2, 0.25) is 0 Å². The van der Waals surface area contributed by atoms with Gasteiger partial charge in [-0.2, -0.15) is 0 Å². The second kappa shape index (κ2) is 13.7. The summed E-state index contributed by atoms with van der Waals surface area (Å²) >= 11 is 0. The van der Waals surface area contributed by atoms with Crippen LogP contribution in [0, 0.1) is 0 Å². The van der Waals surface area contributed by atoms with Gasteiger partial charge in [0.05, 0.1) is 0 Å². The Morgan fingerprint density at radius 3 is 1.47 bits per heavy atom. The van der Waals surface area contributed by atoms with Gasteiger partial charge in [0.15, 0.2) is 0 Å². The zero-order valence-corrected chi connectivity index (χ0v) is 10.3. The third-order valence-corrected chi connectivity index (χ3v) is 2.86. The number of nitrogens with two attached hydrogens (primary N) is 1. The second-order valence-corrected chi connectivity index (χ2v) is 4.40. The van der Waals surface area contributed by atoms with Gasteiger partial charge in [-0.05, 0) is 25.8 Å². The fourth-order valence-electron chi connectivity index (χ4n) is 1.85. The van der Waals surface area contributed by atoms with Gasteiger partial charge < -0.3 is 5.73 Å². The van der Waals surface area contributed by atoms with Crippen LogP contribution >= 0.6 is 0 Å². The summed E-state index contributed by atoms with van der Waals surface area (Å²) in [7, 11) is 0. The standard InChI is InChI=1S/C14H29N/c1-2-3-4-5-6-7-8-9-10-11-12-13-14-15/h2H,1,3-15H2. The predicted octanol–water partition coefficient (Wildman–Crippen LogP) is 4.42. The van der Waals surface area contributed by atoms with E-state index in [0.717, 1.165) is 6.54 Å². The van der Waals surface area contributed by atoms with Crippen LogP contribution in [0.15, 0.2) is 12.7 Å². The monoisotopic (exact) mass is 211 g/mol. The van der Waals surface area contributed by atoms with Crippen LogP contribution in [0.1, 0.15) is 70.6 Å². The average Bonchev–Trinajstić information content (AvgIpc) is 2.26. The molecule has 0 saturated carbocycles. The van der Waals surface area contributed by atoms with E-state index in [9.17, 15) is 0 Å². The minimum Gasteiger partial charge on any atom is -0.330 e. The van der Waals surface area contributed by atoms with Gasteiger partial charge in [-0.3, -0.25) is 0 Å². The molecule has 0 aromatic carbocycles. The third-order valence-electron chi connectivity index (χ3n) is 2.86. The molecule has 0 aromatic rings. The summed E-state index contributed by atoms with van der Waals surface area (Å²) in [5.41, 5.74) is 5.44. The molecule has 0 aliphatic rings. The molecule has 0 unspecified atom stereocenters. The maximum Gasteiger partial charge on any atom is -0.00773 e. The lowest BCUT2D eigenvalue weighted by atomic mass is 10.1. The Kier molecular flexibility index (Phi) is 13.4. The van der Waals surface area contributed by atoms with E-state index >= 15 is 0 Å². The quantitative estimate of drug-likeness (QED) is 0.375. The molecule has 0 heterocycles. The summed E-state index contributed by atoms with van der Waals surface area (Å²) in [6.07, 6.45) is 17.0. The van der Waals surface area contributed by atoms with Crippen LogP contribution in [0.5, 0.6) is 0 Å². The zero-order chi connectivity index (χ0) is 11.2. The van der Waals surface area contributed by atoms with Gasteiger partial charge in [0.25, 0.3) is 0 Å². The Morgan fingerprint density at radius 1 is 0.667 bits per heavy atom. The van der Waals surface area contributed by atoms with E-state index < -0.39 is 0 Å². The molecule has 0 fully saturated rings. The summed E-state index contributed by atoms with van der Waals surface area (Å²) in [5.74, 6) is 0. The molecule has 0 bridgehead atoms. The van der Waals surface area contributed by atoms with Crippen molar-refractivity contribution in [3.63, 3.8) is 0 Å². The number of unbranched alkanes of at least 4 members (excludes halogenated alkanes) is 10. The van der Waals surface area contributed by atoms with Gasteiger partial charge in [-0.15, -0.1) is 6.58 Å². The van der Waals surface area contributed by atoms with Crippen LogP contribution in [0.3, 0.4) is 0 Å². The molecule has 0 rings (SSSR count). The number of hydrogen-bond acceptors (Lipinski definition) is 1. The minimum absolute atomic E-state index is 0.864. The van der Waals surface area contributed by atoms with Crippen molar-refractivity contribution in [3.05, 3.63) is 12.7 Å². The Morgan fingerprint density at radius 2 is 1.07 bits per heavy atom. The molecule has 0 aliphatic carbocycles. The van der Waals surface area contributed by atoms with Crippen LogP contribution in [-0.2, 0) is 0 Å². The van der Waals surface area contributed by atoms with E-state index in [1.807, 2.05) is 6.08 Å². The van der Waals surface area contributed by atoms with Crippen molar-refractivity contribution in [2.45, 2.75) is 70.6 Å². The van der Waals surface area contributed by atoms with E-state index in [2.05, 4.69) is 6.58 Å². The number of rotatable bonds is 12. The van der Waals surface area contributed by atoms with Crippen LogP contribution in [0.2, 0.25) is 0 Å². The minimum atomic E-state index is 0.864. The van der Waals surface area contributed by atoms with E-state index in [1.165, 1.54) is 70.6 Å². The first kappa shape index (κ1) is 14.7. The van der Waals surface area contributed by atoms with Crippen LogP contribution in [0.25, 0.3) is 0 Å². The molecule has 15 heavy (non-hydrogen) atoms. The number of allylic oxidation sites excluding steroid dienone is 1. The molecule has 2 N–H and O–H groups in total. The second-order valence-electron chi connectivity index (χ2n) is 4.40. The molecule has 1 heteroatoms. The van der Waals surface area contributed by atoms with Crippen molar-refractivity contribution in [2.24, 2.45) is 5.73 Å². The molecule has 0 radical (unpaired) electrons. The Balaban J connectivity index is 2.83. The Labute approximate surface area is 96.1 Å². The summed E-state index contributed by atoms with van der Waals surface area (Å²) in [4.78, 5) is 0. The van der Waals surface area contributed by atoms with Crippen molar-refractivity contribution in [3.8, 4) is 0 Å². The molecule has 0 atom stereocenters. The molecule has 0 aromatic heterocycles. The normalized spacial score (nSPS) is 10.5. The van der Waals surface area contributed by atoms with Crippen molar-refractivity contribution >= 4 is 0 Å². The van der Waals surface area contributed by atoms with E-state index in [-0.39, 0.29) is 0 Å². The van der Waals surface area contributed by atoms with Crippen LogP contribution in [0.4, 0.5) is 0 Å². The van der Waals surface area contributed by atoms with Gasteiger partial charge in [0, 0.05) is 0 Å². The largest absolute Gasteiger partial charge is 0.330 e. The topological polar surface area (TPSA) is 26.0 Å². The van der Waals surface area contributed by atoms with Gasteiger partial charge in [-0.1, -0.05) is 57.4 Å². The van der Waals surface area contributed by atoms with Crippen molar-refractivity contribution in [1.29, 1.82) is 0 Å². The fourth-order valence-corrected chi connectivity index (χ4v) is 1.85. The molecular weight excluding hydrogens is 182 g/mol. The molecule has 0 amide bonds. The lowest BCUT2D eigenvalue weighted by Gasteiger charge is -2.01. The zero-order valence-electron chi connectivity index (χ0n) is 10.3. The predicted molar refractivity (Wildman–Crippen MR) is 70.0 cm³/mol. The SMILES string of the molecule is C=CCCCCCCCCCCCCN. The fraction of sp³-hybridized carbons (Fsp3) is 0.857. The molecular formula is C14H29N. The highest BCUT2D eigenvalue weighted by molar-refractivity contribution is 4.65. The van der Waals surface area contributed by atoms with Crippen LogP contribution in [-0.4, -0.2) is 6.54 Å². The van der Waals surface area contributed by atoms with Gasteiger partial charge in [-0.25, -0.2) is 0 Å². The van der Waals surface area contributed by atoms with Crippen molar-refractivity contribution in [1.82, 2.24) is 0 Å². The lowest BCUT2D eigenvalue weighted by Crippen LogP contribution is -1.97. The Hall–Kier alpha value is -0.300. The molecule has 90 valence electrons. The van der Waals surface area contributed by atoms with Crippen LogP contribution < -0.4 is 5.73 Å². The molecule has 0 spiro atoms. The average molecular weight is 211 g/mol. The summed E-state index contributed by atoms with van der Waals surface area (Å²) < 4.78 is 0. The molecule has 1 nitrogen and oxygen atoms in total. The van der Waals surface area contributed by atoms with E-state index in [0.29, 0.717) is 0 Å². The highest BCUT2D eigenvalue weighted by atomic mass is 14.5. The van der Waals surface area contributed by atoms with E-state index in [4.69, 9.17) is 5.73 Å². The smallest absolute Gasteiger partial charge is 0.00773 e. The third kappa shape index (κ3) is 13.7. The maximum atomic E-state index is 5.44. The van der Waals surface area contributed by atoms with Crippen molar-refractivity contribution < 1.29 is 0 Å². The highest BCUT2D eigenvalue weighted by Crippen LogP contribution is 2.11. The van der Waals surface area contributed by atoms with Gasteiger partial charge in [0.1, 0.15) is 0 Å².